The van der Waals surface area contributed by atoms with Gasteiger partial charge in [-0.15, -0.1) is 12.6 Å². The van der Waals surface area contributed by atoms with Gasteiger partial charge >= 0.3 is 0 Å². The van der Waals surface area contributed by atoms with Gasteiger partial charge in [0.1, 0.15) is 0 Å². The van der Waals surface area contributed by atoms with E-state index >= 15 is 0 Å². The number of hydrogen-bond acceptors (Lipinski definition) is 2. The van der Waals surface area contributed by atoms with Crippen LogP contribution in [-0.4, -0.2) is 9.78 Å². The van der Waals surface area contributed by atoms with Crippen LogP contribution in [0.2, 0.25) is 5.02 Å². The summed E-state index contributed by atoms with van der Waals surface area (Å²) in [7, 11) is 0. The van der Waals surface area contributed by atoms with E-state index in [2.05, 4.69) is 17.7 Å². The molecule has 0 N–H and O–H groups in total. The lowest BCUT2D eigenvalue weighted by atomic mass is 10.3. The highest BCUT2D eigenvalue weighted by atomic mass is 35.5. The molecule has 0 radical (unpaired) electrons. The van der Waals surface area contributed by atoms with Crippen LogP contribution in [0.25, 0.3) is 5.69 Å². The topological polar surface area (TPSA) is 17.8 Å². The summed E-state index contributed by atoms with van der Waals surface area (Å²) in [5.74, 6) is 0. The van der Waals surface area contributed by atoms with E-state index < -0.39 is 0 Å². The highest BCUT2D eigenvalue weighted by Crippen LogP contribution is 2.17. The molecule has 0 unspecified atom stereocenters. The first-order valence-corrected chi connectivity index (χ1v) is 4.59. The standard InChI is InChI=1S/C9H7ClN2S/c10-7-2-1-3-8(6-7)12-9(13)4-5-11-12/h1-6,13H. The predicted octanol–water partition coefficient (Wildman–Crippen LogP) is 2.81. The van der Waals surface area contributed by atoms with Crippen molar-refractivity contribution in [3.63, 3.8) is 0 Å². The van der Waals surface area contributed by atoms with Crippen LogP contribution < -0.4 is 0 Å². The van der Waals surface area contributed by atoms with Crippen LogP contribution in [0.3, 0.4) is 0 Å². The second-order valence-corrected chi connectivity index (χ2v) is 3.48. The van der Waals surface area contributed by atoms with Gasteiger partial charge in [-0.2, -0.15) is 5.10 Å². The minimum Gasteiger partial charge on any atom is -0.227 e. The quantitative estimate of drug-likeness (QED) is 0.717. The lowest BCUT2D eigenvalue weighted by Gasteiger charge is -2.02. The molecule has 0 aliphatic carbocycles. The molecule has 4 heteroatoms. The minimum atomic E-state index is 0.695. The van der Waals surface area contributed by atoms with E-state index in [-0.39, 0.29) is 0 Å². The Labute approximate surface area is 86.6 Å². The van der Waals surface area contributed by atoms with Crippen LogP contribution in [0.1, 0.15) is 0 Å². The van der Waals surface area contributed by atoms with E-state index in [1.807, 2.05) is 30.3 Å². The third kappa shape index (κ3) is 1.71. The van der Waals surface area contributed by atoms with Gasteiger partial charge in [0.05, 0.1) is 16.9 Å². The SMILES string of the molecule is Sc1ccnn1-c1cccc(Cl)c1. The highest BCUT2D eigenvalue weighted by Gasteiger charge is 2.00. The van der Waals surface area contributed by atoms with Crippen molar-refractivity contribution < 1.29 is 0 Å². The summed E-state index contributed by atoms with van der Waals surface area (Å²) in [6.07, 6.45) is 1.70. The number of rotatable bonds is 1. The molecule has 0 bridgehead atoms. The van der Waals surface area contributed by atoms with Crippen molar-refractivity contribution in [1.29, 1.82) is 0 Å². The zero-order valence-electron chi connectivity index (χ0n) is 6.68. The lowest BCUT2D eigenvalue weighted by Crippen LogP contribution is -1.95. The van der Waals surface area contributed by atoms with Crippen LogP contribution in [0.4, 0.5) is 0 Å². The molecule has 0 amide bonds. The number of halogens is 1. The van der Waals surface area contributed by atoms with E-state index in [0.29, 0.717) is 5.02 Å². The zero-order chi connectivity index (χ0) is 9.26. The summed E-state index contributed by atoms with van der Waals surface area (Å²) in [6, 6.07) is 9.30. The molecule has 1 heterocycles. The number of thiol groups is 1. The van der Waals surface area contributed by atoms with Gasteiger partial charge in [0.25, 0.3) is 0 Å². The van der Waals surface area contributed by atoms with Gasteiger partial charge < -0.3 is 0 Å². The fourth-order valence-corrected chi connectivity index (χ4v) is 1.52. The maximum absolute atomic E-state index is 5.85. The van der Waals surface area contributed by atoms with Crippen molar-refractivity contribution in [3.05, 3.63) is 41.6 Å². The molecule has 1 aromatic heterocycles. The van der Waals surface area contributed by atoms with Crippen LogP contribution in [0.15, 0.2) is 41.6 Å². The maximum Gasteiger partial charge on any atom is 0.0968 e. The molecule has 1 aromatic carbocycles. The Morgan fingerprint density at radius 2 is 2.15 bits per heavy atom. The van der Waals surface area contributed by atoms with Gasteiger partial charge in [-0.3, -0.25) is 0 Å². The van der Waals surface area contributed by atoms with Crippen molar-refractivity contribution in [2.45, 2.75) is 5.03 Å². The predicted molar refractivity (Wildman–Crippen MR) is 55.8 cm³/mol. The van der Waals surface area contributed by atoms with E-state index in [1.54, 1.807) is 10.9 Å². The van der Waals surface area contributed by atoms with Gasteiger partial charge in [-0.05, 0) is 24.3 Å². The third-order valence-electron chi connectivity index (χ3n) is 1.68. The molecule has 0 aliphatic rings. The average molecular weight is 211 g/mol. The van der Waals surface area contributed by atoms with Gasteiger partial charge in [0, 0.05) is 5.02 Å². The summed E-state index contributed by atoms with van der Waals surface area (Å²) in [4.78, 5) is 0. The van der Waals surface area contributed by atoms with Crippen molar-refractivity contribution in [3.8, 4) is 5.69 Å². The molecule has 2 aromatic rings. The molecule has 2 rings (SSSR count). The minimum absolute atomic E-state index is 0.695. The molecule has 0 atom stereocenters. The molecule has 0 aliphatic heterocycles. The number of benzene rings is 1. The first-order valence-electron chi connectivity index (χ1n) is 3.76. The summed E-state index contributed by atoms with van der Waals surface area (Å²) in [5, 5.41) is 5.60. The summed E-state index contributed by atoms with van der Waals surface area (Å²) in [5.41, 5.74) is 0.919. The first kappa shape index (κ1) is 8.66. The average Bonchev–Trinajstić information content (AvgIpc) is 2.51. The van der Waals surface area contributed by atoms with Gasteiger partial charge in [-0.1, -0.05) is 17.7 Å². The second kappa shape index (κ2) is 3.44. The summed E-state index contributed by atoms with van der Waals surface area (Å²) < 4.78 is 1.72. The molecular formula is C9H7ClN2S. The molecule has 0 saturated heterocycles. The summed E-state index contributed by atoms with van der Waals surface area (Å²) in [6.45, 7) is 0. The molecule has 13 heavy (non-hydrogen) atoms. The summed E-state index contributed by atoms with van der Waals surface area (Å²) >= 11 is 10.1. The van der Waals surface area contributed by atoms with Crippen LogP contribution in [0.5, 0.6) is 0 Å². The fraction of sp³-hybridized carbons (Fsp3) is 0. The van der Waals surface area contributed by atoms with E-state index in [1.165, 1.54) is 0 Å². The van der Waals surface area contributed by atoms with Crippen LogP contribution >= 0.6 is 24.2 Å². The lowest BCUT2D eigenvalue weighted by molar-refractivity contribution is 0.806. The van der Waals surface area contributed by atoms with Gasteiger partial charge in [0.2, 0.25) is 0 Å². The Morgan fingerprint density at radius 1 is 1.31 bits per heavy atom. The Kier molecular flexibility index (Phi) is 2.29. The largest absolute Gasteiger partial charge is 0.227 e. The van der Waals surface area contributed by atoms with Crippen molar-refractivity contribution >= 4 is 24.2 Å². The van der Waals surface area contributed by atoms with Crippen molar-refractivity contribution in [1.82, 2.24) is 9.78 Å². The highest BCUT2D eigenvalue weighted by molar-refractivity contribution is 7.80. The van der Waals surface area contributed by atoms with Gasteiger partial charge in [-0.25, -0.2) is 4.68 Å². The molecule has 0 fully saturated rings. The molecule has 0 spiro atoms. The maximum atomic E-state index is 5.85. The van der Waals surface area contributed by atoms with E-state index in [0.717, 1.165) is 10.7 Å². The molecule has 2 nitrogen and oxygen atoms in total. The Balaban J connectivity index is 2.53. The number of nitrogens with zero attached hydrogens (tertiary/aromatic N) is 2. The molecule has 66 valence electrons. The smallest absolute Gasteiger partial charge is 0.0968 e. The monoisotopic (exact) mass is 210 g/mol. The number of aromatic nitrogens is 2. The van der Waals surface area contributed by atoms with Crippen LogP contribution in [0, 0.1) is 0 Å². The Morgan fingerprint density at radius 3 is 2.77 bits per heavy atom. The van der Waals surface area contributed by atoms with Crippen molar-refractivity contribution in [2.75, 3.05) is 0 Å². The number of hydrogen-bond donors (Lipinski definition) is 1. The van der Waals surface area contributed by atoms with Crippen LogP contribution in [-0.2, 0) is 0 Å². The fourth-order valence-electron chi connectivity index (χ4n) is 1.10. The first-order chi connectivity index (χ1) is 6.27. The zero-order valence-corrected chi connectivity index (χ0v) is 8.33. The Hall–Kier alpha value is -0.930. The van der Waals surface area contributed by atoms with E-state index in [4.69, 9.17) is 11.6 Å². The van der Waals surface area contributed by atoms with E-state index in [9.17, 15) is 0 Å². The third-order valence-corrected chi connectivity index (χ3v) is 2.25. The molecule has 0 saturated carbocycles. The Bertz CT molecular complexity index is 425. The molecular weight excluding hydrogens is 204 g/mol. The second-order valence-electron chi connectivity index (χ2n) is 2.58. The normalized spacial score (nSPS) is 10.3. The van der Waals surface area contributed by atoms with Gasteiger partial charge in [0.15, 0.2) is 0 Å². The van der Waals surface area contributed by atoms with Crippen molar-refractivity contribution in [2.24, 2.45) is 0 Å².